The molecule has 0 bridgehead atoms. The Kier molecular flexibility index (Phi) is 6.31. The summed E-state index contributed by atoms with van der Waals surface area (Å²) >= 11 is 6.18. The molecule has 0 aliphatic rings. The molecule has 1 aromatic heterocycles. The lowest BCUT2D eigenvalue weighted by atomic mass is 10.1. The van der Waals surface area contributed by atoms with Gasteiger partial charge in [0.1, 0.15) is 11.6 Å². The van der Waals surface area contributed by atoms with Crippen LogP contribution in [0, 0.1) is 5.82 Å². The van der Waals surface area contributed by atoms with Crippen molar-refractivity contribution in [2.24, 2.45) is 0 Å². The molecule has 1 heterocycles. The van der Waals surface area contributed by atoms with Crippen LogP contribution in [0.15, 0.2) is 60.7 Å². The molecule has 0 spiro atoms. The second-order valence-corrected chi connectivity index (χ2v) is 7.55. The van der Waals surface area contributed by atoms with Crippen LogP contribution in [-0.4, -0.2) is 25.2 Å². The minimum absolute atomic E-state index is 0.206. The van der Waals surface area contributed by atoms with Crippen LogP contribution in [0.2, 0.25) is 5.02 Å². The van der Waals surface area contributed by atoms with E-state index in [1.165, 1.54) is 6.07 Å². The first-order valence-corrected chi connectivity index (χ1v) is 10.3. The summed E-state index contributed by atoms with van der Waals surface area (Å²) < 4.78 is 18.7. The van der Waals surface area contributed by atoms with Crippen molar-refractivity contribution in [3.63, 3.8) is 0 Å². The van der Waals surface area contributed by atoms with Gasteiger partial charge in [-0.1, -0.05) is 23.7 Å². The van der Waals surface area contributed by atoms with Crippen molar-refractivity contribution in [3.05, 3.63) is 77.1 Å². The summed E-state index contributed by atoms with van der Waals surface area (Å²) in [5.41, 5.74) is 3.71. The molecule has 0 unspecified atom stereocenters. The Morgan fingerprint density at radius 2 is 1.87 bits per heavy atom. The maximum atomic E-state index is 13.3. The van der Waals surface area contributed by atoms with E-state index in [2.05, 4.69) is 10.6 Å². The van der Waals surface area contributed by atoms with E-state index in [1.54, 1.807) is 19.2 Å². The van der Waals surface area contributed by atoms with Crippen LogP contribution >= 0.6 is 11.6 Å². The molecule has 0 amide bonds. The highest BCUT2D eigenvalue weighted by Crippen LogP contribution is 2.34. The summed E-state index contributed by atoms with van der Waals surface area (Å²) in [6, 6.07) is 18.3. The second-order valence-electron chi connectivity index (χ2n) is 7.12. The number of methoxy groups -OCH3 is 1. The summed E-state index contributed by atoms with van der Waals surface area (Å²) in [5.74, 6) is 0.584. The zero-order valence-electron chi connectivity index (χ0n) is 16.7. The van der Waals surface area contributed by atoms with Crippen molar-refractivity contribution >= 4 is 39.1 Å². The Morgan fingerprint density at radius 3 is 2.70 bits per heavy atom. The van der Waals surface area contributed by atoms with Crippen LogP contribution in [0.5, 0.6) is 5.75 Å². The molecule has 0 saturated heterocycles. The van der Waals surface area contributed by atoms with E-state index in [-0.39, 0.29) is 5.82 Å². The zero-order chi connectivity index (χ0) is 20.9. The number of nitrogens with zero attached hydrogens (tertiary/aromatic N) is 1. The molecular weight excluding hydrogens is 401 g/mol. The first-order chi connectivity index (χ1) is 14.6. The van der Waals surface area contributed by atoms with Gasteiger partial charge in [0.25, 0.3) is 0 Å². The smallest absolute Gasteiger partial charge is 0.123 e. The summed E-state index contributed by atoms with van der Waals surface area (Å²) in [4.78, 5) is 4.75. The third-order valence-corrected chi connectivity index (χ3v) is 5.23. The number of ether oxygens (including phenoxy) is 1. The standard InChI is InChI=1S/C24H23ClFN3O/c1-30-19-7-9-22-21(14-19)24(20-8-6-17(25)13-23(20)29-22)28-11-3-10-27-15-16-4-2-5-18(26)12-16/h2,4-9,12-14,27H,3,10-11,15H2,1H3,(H,28,29). The molecule has 0 aliphatic carbocycles. The second kappa shape index (κ2) is 9.28. The van der Waals surface area contributed by atoms with Gasteiger partial charge in [0, 0.05) is 28.9 Å². The number of hydrogen-bond donors (Lipinski definition) is 2. The summed E-state index contributed by atoms with van der Waals surface area (Å²) in [7, 11) is 1.66. The van der Waals surface area contributed by atoms with Gasteiger partial charge in [0.2, 0.25) is 0 Å². The Hall–Kier alpha value is -2.89. The molecule has 2 N–H and O–H groups in total. The van der Waals surface area contributed by atoms with E-state index in [9.17, 15) is 4.39 Å². The molecule has 4 nitrogen and oxygen atoms in total. The summed E-state index contributed by atoms with van der Waals surface area (Å²) in [6.45, 7) is 2.25. The van der Waals surface area contributed by atoms with E-state index < -0.39 is 0 Å². The molecule has 0 fully saturated rings. The van der Waals surface area contributed by atoms with Crippen LogP contribution < -0.4 is 15.4 Å². The van der Waals surface area contributed by atoms with Gasteiger partial charge in [-0.25, -0.2) is 9.37 Å². The van der Waals surface area contributed by atoms with Gasteiger partial charge >= 0.3 is 0 Å². The first-order valence-electron chi connectivity index (χ1n) is 9.90. The molecule has 0 radical (unpaired) electrons. The number of anilines is 1. The molecule has 4 aromatic rings. The topological polar surface area (TPSA) is 46.2 Å². The van der Waals surface area contributed by atoms with E-state index >= 15 is 0 Å². The number of fused-ring (bicyclic) bond motifs is 2. The van der Waals surface area contributed by atoms with Crippen LogP contribution in [0.3, 0.4) is 0 Å². The number of hydrogen-bond acceptors (Lipinski definition) is 4. The Labute approximate surface area is 180 Å². The largest absolute Gasteiger partial charge is 0.497 e. The number of pyridine rings is 1. The maximum absolute atomic E-state index is 13.3. The average molecular weight is 424 g/mol. The SMILES string of the molecule is COc1ccc2nc3cc(Cl)ccc3c(NCCCNCc3cccc(F)c3)c2c1. The van der Waals surface area contributed by atoms with Crippen molar-refractivity contribution in [1.82, 2.24) is 10.3 Å². The van der Waals surface area contributed by atoms with Crippen LogP contribution in [0.25, 0.3) is 21.8 Å². The highest BCUT2D eigenvalue weighted by Gasteiger charge is 2.10. The van der Waals surface area contributed by atoms with Crippen molar-refractivity contribution in [2.75, 3.05) is 25.5 Å². The molecule has 30 heavy (non-hydrogen) atoms. The predicted molar refractivity (Wildman–Crippen MR) is 122 cm³/mol. The summed E-state index contributed by atoms with van der Waals surface area (Å²) in [6.07, 6.45) is 0.915. The predicted octanol–water partition coefficient (Wildman–Crippen LogP) is 5.78. The quantitative estimate of drug-likeness (QED) is 0.278. The molecule has 4 rings (SSSR count). The lowest BCUT2D eigenvalue weighted by Gasteiger charge is -2.14. The zero-order valence-corrected chi connectivity index (χ0v) is 17.5. The third kappa shape index (κ3) is 4.64. The minimum atomic E-state index is -0.206. The Balaban J connectivity index is 1.47. The fourth-order valence-electron chi connectivity index (χ4n) is 3.52. The fourth-order valence-corrected chi connectivity index (χ4v) is 3.69. The lowest BCUT2D eigenvalue weighted by Crippen LogP contribution is -2.18. The number of benzene rings is 3. The number of rotatable bonds is 8. The average Bonchev–Trinajstić information content (AvgIpc) is 2.75. The molecule has 154 valence electrons. The van der Waals surface area contributed by atoms with Crippen molar-refractivity contribution in [1.29, 1.82) is 0 Å². The first kappa shape index (κ1) is 20.4. The van der Waals surface area contributed by atoms with E-state index in [1.807, 2.05) is 42.5 Å². The van der Waals surface area contributed by atoms with Gasteiger partial charge in [-0.3, -0.25) is 0 Å². The van der Waals surface area contributed by atoms with Gasteiger partial charge in [-0.05, 0) is 67.1 Å². The van der Waals surface area contributed by atoms with Crippen LogP contribution in [-0.2, 0) is 6.54 Å². The molecule has 6 heteroatoms. The Morgan fingerprint density at radius 1 is 0.967 bits per heavy atom. The van der Waals surface area contributed by atoms with Crippen molar-refractivity contribution in [3.8, 4) is 5.75 Å². The molecule has 3 aromatic carbocycles. The molecule has 0 aliphatic heterocycles. The Bertz CT molecular complexity index is 1180. The van der Waals surface area contributed by atoms with Crippen molar-refractivity contribution < 1.29 is 9.13 Å². The molecule has 0 saturated carbocycles. The molecule has 0 atom stereocenters. The van der Waals surface area contributed by atoms with E-state index in [4.69, 9.17) is 21.3 Å². The number of nitrogens with one attached hydrogen (secondary N) is 2. The normalized spacial score (nSPS) is 11.2. The van der Waals surface area contributed by atoms with Gasteiger partial charge in [-0.15, -0.1) is 0 Å². The van der Waals surface area contributed by atoms with Crippen molar-refractivity contribution in [2.45, 2.75) is 13.0 Å². The van der Waals surface area contributed by atoms with Gasteiger partial charge in [-0.2, -0.15) is 0 Å². The van der Waals surface area contributed by atoms with Gasteiger partial charge in [0.05, 0.1) is 23.8 Å². The highest BCUT2D eigenvalue weighted by molar-refractivity contribution is 6.31. The third-order valence-electron chi connectivity index (χ3n) is 4.99. The van der Waals surface area contributed by atoms with Gasteiger partial charge < -0.3 is 15.4 Å². The monoisotopic (exact) mass is 423 g/mol. The maximum Gasteiger partial charge on any atom is 0.123 e. The van der Waals surface area contributed by atoms with E-state index in [0.29, 0.717) is 11.6 Å². The fraction of sp³-hybridized carbons (Fsp3) is 0.208. The summed E-state index contributed by atoms with van der Waals surface area (Å²) in [5, 5.41) is 9.62. The number of aromatic nitrogens is 1. The molecular formula is C24H23ClFN3O. The number of halogens is 2. The highest BCUT2D eigenvalue weighted by atomic mass is 35.5. The lowest BCUT2D eigenvalue weighted by molar-refractivity contribution is 0.415. The van der Waals surface area contributed by atoms with Gasteiger partial charge in [0.15, 0.2) is 0 Å². The van der Waals surface area contributed by atoms with Crippen LogP contribution in [0.1, 0.15) is 12.0 Å². The van der Waals surface area contributed by atoms with E-state index in [0.717, 1.165) is 58.3 Å². The van der Waals surface area contributed by atoms with Crippen LogP contribution in [0.4, 0.5) is 10.1 Å². The minimum Gasteiger partial charge on any atom is -0.497 e.